The molecule has 2 aromatic carbocycles. The van der Waals surface area contributed by atoms with Crippen molar-refractivity contribution in [3.8, 4) is 11.1 Å². The van der Waals surface area contributed by atoms with Crippen LogP contribution < -0.4 is 5.73 Å². The van der Waals surface area contributed by atoms with Crippen LogP contribution in [0.2, 0.25) is 0 Å². The molecule has 0 aliphatic carbocycles. The maximum Gasteiger partial charge on any atom is 0.303 e. The van der Waals surface area contributed by atoms with Gasteiger partial charge >= 0.3 is 11.9 Å². The smallest absolute Gasteiger partial charge is 0.303 e. The van der Waals surface area contributed by atoms with Gasteiger partial charge in [-0.1, -0.05) is 36.4 Å². The predicted octanol–water partition coefficient (Wildman–Crippen LogP) is 2.98. The predicted molar refractivity (Wildman–Crippen MR) is 112 cm³/mol. The normalized spacial score (nSPS) is 15.6. The summed E-state index contributed by atoms with van der Waals surface area (Å²) >= 11 is 0. The first-order chi connectivity index (χ1) is 14.3. The topological polar surface area (TPSA) is 121 Å². The van der Waals surface area contributed by atoms with Gasteiger partial charge in [-0.25, -0.2) is 0 Å². The van der Waals surface area contributed by atoms with Crippen LogP contribution in [-0.2, 0) is 16.1 Å². The van der Waals surface area contributed by atoms with Crippen LogP contribution >= 0.6 is 0 Å². The second kappa shape index (κ2) is 9.09. The van der Waals surface area contributed by atoms with Crippen LogP contribution in [0.4, 0.5) is 0 Å². The summed E-state index contributed by atoms with van der Waals surface area (Å²) in [4.78, 5) is 36.9. The van der Waals surface area contributed by atoms with Crippen LogP contribution in [0, 0.1) is 5.41 Å². The van der Waals surface area contributed by atoms with Gasteiger partial charge in [0.15, 0.2) is 0 Å². The average Bonchev–Trinajstić information content (AvgIpc) is 2.73. The molecule has 0 radical (unpaired) electrons. The molecule has 1 heterocycles. The molecule has 7 nitrogen and oxygen atoms in total. The van der Waals surface area contributed by atoms with E-state index >= 15 is 0 Å². The summed E-state index contributed by atoms with van der Waals surface area (Å²) in [6.07, 6.45) is 0.337. The van der Waals surface area contributed by atoms with E-state index in [1.54, 1.807) is 17.0 Å². The van der Waals surface area contributed by atoms with E-state index in [4.69, 9.17) is 15.9 Å². The molecule has 7 heteroatoms. The van der Waals surface area contributed by atoms with E-state index < -0.39 is 17.4 Å². The number of aliphatic carboxylic acids is 2. The third-order valence-corrected chi connectivity index (χ3v) is 5.82. The quantitative estimate of drug-likeness (QED) is 0.645. The molecule has 0 atom stereocenters. The fourth-order valence-corrected chi connectivity index (χ4v) is 4.06. The molecule has 1 amide bonds. The Labute approximate surface area is 175 Å². The number of nitrogens with two attached hydrogens (primary N) is 1. The van der Waals surface area contributed by atoms with E-state index in [1.807, 2.05) is 36.4 Å². The van der Waals surface area contributed by atoms with Crippen molar-refractivity contribution in [1.82, 2.24) is 4.90 Å². The van der Waals surface area contributed by atoms with Crippen LogP contribution in [0.15, 0.2) is 48.5 Å². The summed E-state index contributed by atoms with van der Waals surface area (Å²) in [5, 5.41) is 18.3. The van der Waals surface area contributed by atoms with E-state index in [0.717, 1.165) is 16.7 Å². The second-order valence-corrected chi connectivity index (χ2v) is 7.91. The van der Waals surface area contributed by atoms with Gasteiger partial charge in [-0.05, 0) is 47.1 Å². The second-order valence-electron chi connectivity index (χ2n) is 7.91. The van der Waals surface area contributed by atoms with Gasteiger partial charge in [0.25, 0.3) is 5.91 Å². The van der Waals surface area contributed by atoms with Crippen molar-refractivity contribution in [1.29, 1.82) is 0 Å². The first-order valence-electron chi connectivity index (χ1n) is 9.94. The Balaban J connectivity index is 1.67. The molecular weight excluding hydrogens is 384 g/mol. The van der Waals surface area contributed by atoms with Gasteiger partial charge in [-0.3, -0.25) is 14.4 Å². The number of likely N-dealkylation sites (tertiary alicyclic amines) is 1. The fraction of sp³-hybridized carbons (Fsp3) is 0.348. The number of benzene rings is 2. The summed E-state index contributed by atoms with van der Waals surface area (Å²) in [7, 11) is 0. The maximum atomic E-state index is 12.9. The number of rotatable bonds is 7. The number of carbonyl (C=O) groups is 3. The Morgan fingerprint density at radius 2 is 1.30 bits per heavy atom. The van der Waals surface area contributed by atoms with Crippen molar-refractivity contribution in [2.75, 3.05) is 13.1 Å². The number of carboxylic acid groups (broad SMARTS) is 2. The lowest BCUT2D eigenvalue weighted by atomic mass is 9.73. The van der Waals surface area contributed by atoms with Crippen molar-refractivity contribution < 1.29 is 24.6 Å². The first-order valence-corrected chi connectivity index (χ1v) is 9.94. The average molecular weight is 410 g/mol. The Hall–Kier alpha value is -3.19. The fourth-order valence-electron chi connectivity index (χ4n) is 4.06. The molecule has 0 aromatic heterocycles. The largest absolute Gasteiger partial charge is 0.481 e. The van der Waals surface area contributed by atoms with Crippen molar-refractivity contribution in [2.24, 2.45) is 11.1 Å². The number of carbonyl (C=O) groups excluding carboxylic acids is 1. The van der Waals surface area contributed by atoms with Gasteiger partial charge < -0.3 is 20.8 Å². The zero-order valence-corrected chi connectivity index (χ0v) is 16.7. The summed E-state index contributed by atoms with van der Waals surface area (Å²) < 4.78 is 0. The molecule has 158 valence electrons. The maximum absolute atomic E-state index is 12.9. The van der Waals surface area contributed by atoms with E-state index in [-0.39, 0.29) is 18.7 Å². The monoisotopic (exact) mass is 410 g/mol. The number of hydrogen-bond acceptors (Lipinski definition) is 4. The van der Waals surface area contributed by atoms with E-state index in [0.29, 0.717) is 38.0 Å². The molecule has 1 aliphatic rings. The Bertz CT molecular complexity index is 896. The minimum atomic E-state index is -1.01. The highest BCUT2D eigenvalue weighted by molar-refractivity contribution is 5.94. The Morgan fingerprint density at radius 3 is 1.73 bits per heavy atom. The van der Waals surface area contributed by atoms with Crippen LogP contribution in [0.25, 0.3) is 11.1 Å². The minimum Gasteiger partial charge on any atom is -0.481 e. The molecule has 0 bridgehead atoms. The summed E-state index contributed by atoms with van der Waals surface area (Å²) in [5.41, 5.74) is 8.47. The van der Waals surface area contributed by atoms with Gasteiger partial charge in [0.2, 0.25) is 0 Å². The van der Waals surface area contributed by atoms with Crippen molar-refractivity contribution >= 4 is 17.8 Å². The van der Waals surface area contributed by atoms with Gasteiger partial charge in [0.1, 0.15) is 0 Å². The highest BCUT2D eigenvalue weighted by Crippen LogP contribution is 2.39. The molecule has 3 rings (SSSR count). The van der Waals surface area contributed by atoms with Crippen LogP contribution in [0.3, 0.4) is 0 Å². The molecule has 2 aromatic rings. The van der Waals surface area contributed by atoms with Crippen molar-refractivity contribution in [3.63, 3.8) is 0 Å². The number of amides is 1. The standard InChI is InChI=1S/C23H26N2O5/c24-15-16-1-3-17(4-2-16)18-5-7-19(8-6-18)22(30)25-11-9-23(10-12-25,13-20(26)27)14-21(28)29/h1-8H,9-15,24H2,(H,26,27)(H,28,29). The highest BCUT2D eigenvalue weighted by Gasteiger charge is 2.39. The van der Waals surface area contributed by atoms with Crippen LogP contribution in [0.5, 0.6) is 0 Å². The lowest BCUT2D eigenvalue weighted by Crippen LogP contribution is -2.44. The number of nitrogens with zero attached hydrogens (tertiary/aromatic N) is 1. The Kier molecular flexibility index (Phi) is 6.52. The zero-order valence-electron chi connectivity index (χ0n) is 16.7. The van der Waals surface area contributed by atoms with E-state index in [1.165, 1.54) is 0 Å². The third kappa shape index (κ3) is 5.04. The van der Waals surface area contributed by atoms with Crippen molar-refractivity contribution in [3.05, 3.63) is 59.7 Å². The molecule has 0 unspecified atom stereocenters. The molecule has 1 saturated heterocycles. The molecule has 4 N–H and O–H groups in total. The number of carboxylic acids is 2. The lowest BCUT2D eigenvalue weighted by Gasteiger charge is -2.40. The third-order valence-electron chi connectivity index (χ3n) is 5.82. The zero-order chi connectivity index (χ0) is 21.7. The lowest BCUT2D eigenvalue weighted by molar-refractivity contribution is -0.145. The Morgan fingerprint density at radius 1 is 0.833 bits per heavy atom. The molecular formula is C23H26N2O5. The van der Waals surface area contributed by atoms with Crippen LogP contribution in [-0.4, -0.2) is 46.0 Å². The van der Waals surface area contributed by atoms with Crippen LogP contribution in [0.1, 0.15) is 41.6 Å². The number of piperidine rings is 1. The SMILES string of the molecule is NCc1ccc(-c2ccc(C(=O)N3CCC(CC(=O)O)(CC(=O)O)CC3)cc2)cc1. The molecule has 1 fully saturated rings. The minimum absolute atomic E-state index is 0.126. The molecule has 1 aliphatic heterocycles. The highest BCUT2D eigenvalue weighted by atomic mass is 16.4. The summed E-state index contributed by atoms with van der Waals surface area (Å²) in [6, 6.07) is 15.3. The van der Waals surface area contributed by atoms with Gasteiger partial charge in [0, 0.05) is 25.2 Å². The summed E-state index contributed by atoms with van der Waals surface area (Å²) in [5.74, 6) is -2.14. The summed E-state index contributed by atoms with van der Waals surface area (Å²) in [6.45, 7) is 1.19. The van der Waals surface area contributed by atoms with E-state index in [2.05, 4.69) is 0 Å². The van der Waals surface area contributed by atoms with Crippen molar-refractivity contribution in [2.45, 2.75) is 32.2 Å². The first kappa shape index (κ1) is 21.5. The molecule has 30 heavy (non-hydrogen) atoms. The molecule has 0 saturated carbocycles. The van der Waals surface area contributed by atoms with E-state index in [9.17, 15) is 14.4 Å². The molecule has 0 spiro atoms. The number of hydrogen-bond donors (Lipinski definition) is 3. The van der Waals surface area contributed by atoms with Gasteiger partial charge in [-0.2, -0.15) is 0 Å². The van der Waals surface area contributed by atoms with Gasteiger partial charge in [-0.15, -0.1) is 0 Å². The van der Waals surface area contributed by atoms with Gasteiger partial charge in [0.05, 0.1) is 12.8 Å².